The van der Waals surface area contributed by atoms with Crippen molar-refractivity contribution >= 4 is 6.03 Å². The molecule has 1 aromatic heterocycles. The summed E-state index contributed by atoms with van der Waals surface area (Å²) in [6.07, 6.45) is 8.04. The zero-order valence-electron chi connectivity index (χ0n) is 12.8. The van der Waals surface area contributed by atoms with Crippen molar-refractivity contribution in [2.75, 3.05) is 13.1 Å². The number of urea groups is 1. The lowest BCUT2D eigenvalue weighted by molar-refractivity contribution is 0.185. The fraction of sp³-hybridized carbons (Fsp3) is 0.800. The van der Waals surface area contributed by atoms with Crippen LogP contribution in [0.4, 0.5) is 4.79 Å². The summed E-state index contributed by atoms with van der Waals surface area (Å²) in [5.74, 6) is 1.86. The first-order valence-electron chi connectivity index (χ1n) is 8.21. The molecule has 1 unspecified atom stereocenters. The van der Waals surface area contributed by atoms with E-state index in [2.05, 4.69) is 20.1 Å². The molecule has 3 rings (SSSR count). The van der Waals surface area contributed by atoms with E-state index < -0.39 is 0 Å². The number of carbonyl (C=O) groups excluding carboxylic acids is 1. The van der Waals surface area contributed by atoms with E-state index in [1.54, 1.807) is 0 Å². The number of carbonyl (C=O) groups is 1. The topological polar surface area (TPSA) is 63.1 Å². The van der Waals surface area contributed by atoms with Crippen LogP contribution in [0.2, 0.25) is 0 Å². The van der Waals surface area contributed by atoms with Crippen molar-refractivity contribution < 1.29 is 4.79 Å². The summed E-state index contributed by atoms with van der Waals surface area (Å²) < 4.78 is 2.13. The Kier molecular flexibility index (Phi) is 4.41. The number of likely N-dealkylation sites (tertiary alicyclic amines) is 1. The number of amides is 2. The SMILES string of the molecule is Cc1nnc2n1CCCC2NC(=O)N1CCCCCCC1. The molecule has 21 heavy (non-hydrogen) atoms. The van der Waals surface area contributed by atoms with E-state index in [9.17, 15) is 4.79 Å². The Morgan fingerprint density at radius 1 is 1.05 bits per heavy atom. The minimum Gasteiger partial charge on any atom is -0.328 e. The van der Waals surface area contributed by atoms with Gasteiger partial charge >= 0.3 is 6.03 Å². The standard InChI is InChI=1S/C15H25N5O/c1-12-17-18-14-13(8-7-11-20(12)14)16-15(21)19-9-5-3-2-4-6-10-19/h13H,2-11H2,1H3,(H,16,21). The van der Waals surface area contributed by atoms with Gasteiger partial charge in [0.15, 0.2) is 5.82 Å². The van der Waals surface area contributed by atoms with Crippen molar-refractivity contribution in [1.82, 2.24) is 25.0 Å². The number of fused-ring (bicyclic) bond motifs is 1. The monoisotopic (exact) mass is 291 g/mol. The molecule has 2 aliphatic heterocycles. The third-order valence-corrected chi connectivity index (χ3v) is 4.59. The average molecular weight is 291 g/mol. The van der Waals surface area contributed by atoms with Crippen LogP contribution in [0.25, 0.3) is 0 Å². The zero-order valence-corrected chi connectivity index (χ0v) is 12.8. The second kappa shape index (κ2) is 6.45. The number of hydrogen-bond donors (Lipinski definition) is 1. The first-order chi connectivity index (χ1) is 10.3. The van der Waals surface area contributed by atoms with Crippen LogP contribution in [0.5, 0.6) is 0 Å². The Balaban J connectivity index is 1.64. The van der Waals surface area contributed by atoms with Crippen molar-refractivity contribution in [3.63, 3.8) is 0 Å². The van der Waals surface area contributed by atoms with E-state index in [4.69, 9.17) is 0 Å². The van der Waals surface area contributed by atoms with Crippen LogP contribution in [-0.2, 0) is 6.54 Å². The van der Waals surface area contributed by atoms with Gasteiger partial charge in [-0.05, 0) is 32.6 Å². The summed E-state index contributed by atoms with van der Waals surface area (Å²) in [4.78, 5) is 14.5. The quantitative estimate of drug-likeness (QED) is 0.864. The summed E-state index contributed by atoms with van der Waals surface area (Å²) >= 11 is 0. The zero-order chi connectivity index (χ0) is 14.7. The van der Waals surface area contributed by atoms with Crippen molar-refractivity contribution in [1.29, 1.82) is 0 Å². The second-order valence-electron chi connectivity index (χ2n) is 6.16. The summed E-state index contributed by atoms with van der Waals surface area (Å²) in [6.45, 7) is 4.69. The molecule has 116 valence electrons. The highest BCUT2D eigenvalue weighted by molar-refractivity contribution is 5.74. The number of hydrogen-bond acceptors (Lipinski definition) is 3. The molecule has 0 aromatic carbocycles. The van der Waals surface area contributed by atoms with E-state index in [-0.39, 0.29) is 12.1 Å². The van der Waals surface area contributed by atoms with Crippen LogP contribution in [-0.4, -0.2) is 38.8 Å². The molecular weight excluding hydrogens is 266 g/mol. The summed E-state index contributed by atoms with van der Waals surface area (Å²) in [6, 6.07) is 0.0777. The first-order valence-corrected chi connectivity index (χ1v) is 8.21. The fourth-order valence-electron chi connectivity index (χ4n) is 3.34. The van der Waals surface area contributed by atoms with Crippen LogP contribution in [0, 0.1) is 6.92 Å². The smallest absolute Gasteiger partial charge is 0.317 e. The van der Waals surface area contributed by atoms with Gasteiger partial charge in [-0.15, -0.1) is 10.2 Å². The highest BCUT2D eigenvalue weighted by atomic mass is 16.2. The summed E-state index contributed by atoms with van der Waals surface area (Å²) in [5.41, 5.74) is 0. The molecule has 0 saturated carbocycles. The van der Waals surface area contributed by atoms with Gasteiger partial charge in [0.2, 0.25) is 0 Å². The van der Waals surface area contributed by atoms with Crippen LogP contribution in [0.3, 0.4) is 0 Å². The first kappa shape index (κ1) is 14.4. The fourth-order valence-corrected chi connectivity index (χ4v) is 3.34. The van der Waals surface area contributed by atoms with E-state index in [1.807, 2.05) is 11.8 Å². The van der Waals surface area contributed by atoms with Gasteiger partial charge in [0, 0.05) is 19.6 Å². The molecule has 6 heteroatoms. The third-order valence-electron chi connectivity index (χ3n) is 4.59. The number of rotatable bonds is 1. The van der Waals surface area contributed by atoms with Gasteiger partial charge in [0.05, 0.1) is 6.04 Å². The molecule has 0 spiro atoms. The van der Waals surface area contributed by atoms with Crippen molar-refractivity contribution in [3.05, 3.63) is 11.6 Å². The maximum Gasteiger partial charge on any atom is 0.317 e. The summed E-state index contributed by atoms with van der Waals surface area (Å²) in [5, 5.41) is 11.6. The second-order valence-corrected chi connectivity index (χ2v) is 6.16. The number of nitrogens with zero attached hydrogens (tertiary/aromatic N) is 4. The van der Waals surface area contributed by atoms with Crippen LogP contribution >= 0.6 is 0 Å². The molecule has 1 fully saturated rings. The molecule has 0 bridgehead atoms. The molecular formula is C15H25N5O. The molecule has 1 atom stereocenters. The van der Waals surface area contributed by atoms with Crippen molar-refractivity contribution in [3.8, 4) is 0 Å². The molecule has 0 aliphatic carbocycles. The predicted octanol–water partition coefficient (Wildman–Crippen LogP) is 2.40. The highest BCUT2D eigenvalue weighted by Crippen LogP contribution is 2.24. The minimum absolute atomic E-state index is 0.0119. The average Bonchev–Trinajstić information content (AvgIpc) is 2.81. The maximum absolute atomic E-state index is 12.5. The highest BCUT2D eigenvalue weighted by Gasteiger charge is 2.27. The van der Waals surface area contributed by atoms with Crippen molar-refractivity contribution in [2.24, 2.45) is 0 Å². The Morgan fingerprint density at radius 2 is 1.76 bits per heavy atom. The largest absolute Gasteiger partial charge is 0.328 e. The minimum atomic E-state index is 0.0119. The van der Waals surface area contributed by atoms with E-state index in [1.165, 1.54) is 19.3 Å². The third kappa shape index (κ3) is 3.19. The lowest BCUT2D eigenvalue weighted by Gasteiger charge is -2.29. The van der Waals surface area contributed by atoms with Gasteiger partial charge < -0.3 is 14.8 Å². The van der Waals surface area contributed by atoms with Gasteiger partial charge in [0.25, 0.3) is 0 Å². The molecule has 6 nitrogen and oxygen atoms in total. The summed E-state index contributed by atoms with van der Waals surface area (Å²) in [7, 11) is 0. The van der Waals surface area contributed by atoms with Gasteiger partial charge in [-0.2, -0.15) is 0 Å². The van der Waals surface area contributed by atoms with Gasteiger partial charge in [-0.1, -0.05) is 19.3 Å². The Hall–Kier alpha value is -1.59. The Labute approximate surface area is 125 Å². The lowest BCUT2D eigenvalue weighted by Crippen LogP contribution is -2.44. The number of aryl methyl sites for hydroxylation is 1. The number of nitrogens with one attached hydrogen (secondary N) is 1. The molecule has 3 heterocycles. The normalized spacial score (nSPS) is 23.1. The molecule has 1 aromatic rings. The van der Waals surface area contributed by atoms with Gasteiger partial charge in [0.1, 0.15) is 5.82 Å². The van der Waals surface area contributed by atoms with Crippen LogP contribution < -0.4 is 5.32 Å². The Bertz CT molecular complexity index is 490. The number of aromatic nitrogens is 3. The molecule has 1 saturated heterocycles. The van der Waals surface area contributed by atoms with Crippen LogP contribution in [0.1, 0.15) is 62.6 Å². The predicted molar refractivity (Wildman–Crippen MR) is 79.9 cm³/mol. The lowest BCUT2D eigenvalue weighted by atomic mass is 10.1. The van der Waals surface area contributed by atoms with Crippen molar-refractivity contribution in [2.45, 2.75) is 64.5 Å². The molecule has 2 aliphatic rings. The van der Waals surface area contributed by atoms with E-state index in [0.717, 1.165) is 57.0 Å². The maximum atomic E-state index is 12.5. The molecule has 1 N–H and O–H groups in total. The van der Waals surface area contributed by atoms with Crippen LogP contribution in [0.15, 0.2) is 0 Å². The van der Waals surface area contributed by atoms with Gasteiger partial charge in [-0.25, -0.2) is 4.79 Å². The molecule has 2 amide bonds. The van der Waals surface area contributed by atoms with E-state index in [0.29, 0.717) is 0 Å². The molecule has 0 radical (unpaired) electrons. The Morgan fingerprint density at radius 3 is 2.52 bits per heavy atom. The van der Waals surface area contributed by atoms with E-state index >= 15 is 0 Å². The van der Waals surface area contributed by atoms with Gasteiger partial charge in [-0.3, -0.25) is 0 Å².